The average molecular weight is 256 g/mol. The molecule has 3 heteroatoms. The van der Waals surface area contributed by atoms with E-state index in [4.69, 9.17) is 5.73 Å². The van der Waals surface area contributed by atoms with Gasteiger partial charge < -0.3 is 10.8 Å². The fourth-order valence-electron chi connectivity index (χ4n) is 1.72. The average Bonchev–Trinajstić information content (AvgIpc) is 2.87. The molecular formula is C11H14BrNO. The number of rotatable bonds is 3. The number of halogens is 1. The van der Waals surface area contributed by atoms with Crippen LogP contribution in [0.1, 0.15) is 30.9 Å². The van der Waals surface area contributed by atoms with Gasteiger partial charge in [-0.1, -0.05) is 34.8 Å². The molecule has 0 aromatic heterocycles. The number of phenolic OH excluding ortho intramolecular Hbond substituents is 1. The maximum atomic E-state index is 9.69. The van der Waals surface area contributed by atoms with Crippen LogP contribution in [0.25, 0.3) is 0 Å². The van der Waals surface area contributed by atoms with Crippen molar-refractivity contribution in [2.24, 2.45) is 11.7 Å². The number of nitrogens with two attached hydrogens (primary N) is 1. The first-order valence-electron chi connectivity index (χ1n) is 4.91. The van der Waals surface area contributed by atoms with Crippen molar-refractivity contribution in [1.82, 2.24) is 0 Å². The molecule has 0 amide bonds. The van der Waals surface area contributed by atoms with Gasteiger partial charge in [0.15, 0.2) is 0 Å². The minimum atomic E-state index is -0.0434. The van der Waals surface area contributed by atoms with E-state index in [9.17, 15) is 5.11 Å². The Kier molecular flexibility index (Phi) is 2.79. The van der Waals surface area contributed by atoms with Gasteiger partial charge in [0.2, 0.25) is 0 Å². The highest BCUT2D eigenvalue weighted by atomic mass is 79.9. The van der Waals surface area contributed by atoms with Crippen LogP contribution in [-0.2, 0) is 0 Å². The zero-order chi connectivity index (χ0) is 10.1. The number of phenols is 1. The Hall–Kier alpha value is -0.540. The van der Waals surface area contributed by atoms with Gasteiger partial charge >= 0.3 is 0 Å². The lowest BCUT2D eigenvalue weighted by atomic mass is 10.0. The van der Waals surface area contributed by atoms with Crippen LogP contribution in [0.2, 0.25) is 0 Å². The van der Waals surface area contributed by atoms with Crippen LogP contribution in [-0.4, -0.2) is 5.11 Å². The van der Waals surface area contributed by atoms with Gasteiger partial charge in [-0.15, -0.1) is 0 Å². The summed E-state index contributed by atoms with van der Waals surface area (Å²) in [6.45, 7) is 0. The van der Waals surface area contributed by atoms with E-state index >= 15 is 0 Å². The standard InChI is InChI=1S/C11H14BrNO/c12-8-2-1-3-10(14)11(8)9(13)6-7-4-5-7/h1-3,7,9,14H,4-6,13H2/t9-/m1/s1. The molecule has 2 rings (SSSR count). The van der Waals surface area contributed by atoms with Crippen LogP contribution in [0.15, 0.2) is 22.7 Å². The molecule has 1 aromatic rings. The van der Waals surface area contributed by atoms with Crippen molar-refractivity contribution >= 4 is 15.9 Å². The van der Waals surface area contributed by atoms with Gasteiger partial charge in [0.05, 0.1) is 0 Å². The second kappa shape index (κ2) is 3.91. The van der Waals surface area contributed by atoms with Crippen molar-refractivity contribution in [3.8, 4) is 5.75 Å². The molecule has 1 atom stereocenters. The summed E-state index contributed by atoms with van der Waals surface area (Å²) >= 11 is 3.42. The quantitative estimate of drug-likeness (QED) is 0.873. The van der Waals surface area contributed by atoms with Crippen LogP contribution < -0.4 is 5.73 Å². The molecule has 0 bridgehead atoms. The van der Waals surface area contributed by atoms with E-state index in [-0.39, 0.29) is 6.04 Å². The highest BCUT2D eigenvalue weighted by Gasteiger charge is 2.26. The van der Waals surface area contributed by atoms with Crippen molar-refractivity contribution < 1.29 is 5.11 Å². The largest absolute Gasteiger partial charge is 0.508 e. The lowest BCUT2D eigenvalue weighted by molar-refractivity contribution is 0.454. The van der Waals surface area contributed by atoms with E-state index in [1.165, 1.54) is 12.8 Å². The third-order valence-electron chi connectivity index (χ3n) is 2.68. The molecule has 0 spiro atoms. The monoisotopic (exact) mass is 255 g/mol. The van der Waals surface area contributed by atoms with Crippen LogP contribution in [0, 0.1) is 5.92 Å². The summed E-state index contributed by atoms with van der Waals surface area (Å²) in [5.74, 6) is 1.07. The van der Waals surface area contributed by atoms with Crippen molar-refractivity contribution in [1.29, 1.82) is 0 Å². The van der Waals surface area contributed by atoms with Crippen LogP contribution in [0.3, 0.4) is 0 Å². The molecule has 3 N–H and O–H groups in total. The molecule has 0 aliphatic heterocycles. The lowest BCUT2D eigenvalue weighted by Crippen LogP contribution is -2.11. The second-order valence-electron chi connectivity index (χ2n) is 3.96. The molecule has 1 fully saturated rings. The van der Waals surface area contributed by atoms with E-state index in [1.54, 1.807) is 6.07 Å². The molecule has 1 saturated carbocycles. The number of aromatic hydroxyl groups is 1. The summed E-state index contributed by atoms with van der Waals surface area (Å²) in [7, 11) is 0. The van der Waals surface area contributed by atoms with Crippen LogP contribution in [0.4, 0.5) is 0 Å². The first-order valence-corrected chi connectivity index (χ1v) is 5.70. The Morgan fingerprint density at radius 2 is 2.21 bits per heavy atom. The van der Waals surface area contributed by atoms with E-state index < -0.39 is 0 Å². The highest BCUT2D eigenvalue weighted by molar-refractivity contribution is 9.10. The van der Waals surface area contributed by atoms with E-state index in [1.807, 2.05) is 12.1 Å². The van der Waals surface area contributed by atoms with Crippen molar-refractivity contribution in [2.75, 3.05) is 0 Å². The first kappa shape index (κ1) is 9.99. The van der Waals surface area contributed by atoms with Crippen molar-refractivity contribution in [3.05, 3.63) is 28.2 Å². The number of hydrogen-bond donors (Lipinski definition) is 2. The van der Waals surface area contributed by atoms with Gasteiger partial charge in [-0.3, -0.25) is 0 Å². The molecule has 0 unspecified atom stereocenters. The zero-order valence-electron chi connectivity index (χ0n) is 7.91. The molecule has 1 aromatic carbocycles. The predicted molar refractivity (Wildman–Crippen MR) is 60.1 cm³/mol. The first-order chi connectivity index (χ1) is 6.68. The van der Waals surface area contributed by atoms with Crippen molar-refractivity contribution in [2.45, 2.75) is 25.3 Å². The Morgan fingerprint density at radius 3 is 2.79 bits per heavy atom. The Bertz CT molecular complexity index is 316. The minimum absolute atomic E-state index is 0.0434. The summed E-state index contributed by atoms with van der Waals surface area (Å²) < 4.78 is 0.908. The van der Waals surface area contributed by atoms with Gasteiger partial charge in [-0.25, -0.2) is 0 Å². The normalized spacial score (nSPS) is 18.1. The molecule has 1 aliphatic rings. The number of hydrogen-bond acceptors (Lipinski definition) is 2. The maximum absolute atomic E-state index is 9.69. The molecule has 76 valence electrons. The van der Waals surface area contributed by atoms with Gasteiger partial charge in [0.1, 0.15) is 5.75 Å². The number of benzene rings is 1. The van der Waals surface area contributed by atoms with Crippen LogP contribution >= 0.6 is 15.9 Å². The molecule has 0 radical (unpaired) electrons. The summed E-state index contributed by atoms with van der Waals surface area (Å²) in [6.07, 6.45) is 3.56. The smallest absolute Gasteiger partial charge is 0.121 e. The summed E-state index contributed by atoms with van der Waals surface area (Å²) in [6, 6.07) is 5.37. The van der Waals surface area contributed by atoms with Gasteiger partial charge in [0.25, 0.3) is 0 Å². The minimum Gasteiger partial charge on any atom is -0.508 e. The van der Waals surface area contributed by atoms with E-state index in [0.717, 1.165) is 22.4 Å². The zero-order valence-corrected chi connectivity index (χ0v) is 9.50. The predicted octanol–water partition coefficient (Wildman–Crippen LogP) is 2.95. The fourth-order valence-corrected chi connectivity index (χ4v) is 2.37. The fraction of sp³-hybridized carbons (Fsp3) is 0.455. The molecule has 0 heterocycles. The van der Waals surface area contributed by atoms with Gasteiger partial charge in [-0.05, 0) is 24.5 Å². The van der Waals surface area contributed by atoms with E-state index in [2.05, 4.69) is 15.9 Å². The highest BCUT2D eigenvalue weighted by Crippen LogP contribution is 2.40. The molecule has 14 heavy (non-hydrogen) atoms. The second-order valence-corrected chi connectivity index (χ2v) is 4.81. The molecule has 1 aliphatic carbocycles. The van der Waals surface area contributed by atoms with Gasteiger partial charge in [0, 0.05) is 16.1 Å². The SMILES string of the molecule is N[C@H](CC1CC1)c1c(O)cccc1Br. The Balaban J connectivity index is 2.19. The van der Waals surface area contributed by atoms with Crippen LogP contribution in [0.5, 0.6) is 5.75 Å². The lowest BCUT2D eigenvalue weighted by Gasteiger charge is -2.14. The maximum Gasteiger partial charge on any atom is 0.121 e. The third kappa shape index (κ3) is 2.10. The Morgan fingerprint density at radius 1 is 1.50 bits per heavy atom. The molecular weight excluding hydrogens is 242 g/mol. The molecule has 0 saturated heterocycles. The summed E-state index contributed by atoms with van der Waals surface area (Å²) in [5.41, 5.74) is 6.89. The van der Waals surface area contributed by atoms with Crippen molar-refractivity contribution in [3.63, 3.8) is 0 Å². The third-order valence-corrected chi connectivity index (χ3v) is 3.38. The van der Waals surface area contributed by atoms with Gasteiger partial charge in [-0.2, -0.15) is 0 Å². The van der Waals surface area contributed by atoms with E-state index in [0.29, 0.717) is 5.75 Å². The summed E-state index contributed by atoms with van der Waals surface area (Å²) in [4.78, 5) is 0. The topological polar surface area (TPSA) is 46.2 Å². The molecule has 2 nitrogen and oxygen atoms in total. The Labute approximate surface area is 92.3 Å². The summed E-state index contributed by atoms with van der Waals surface area (Å²) in [5, 5.41) is 9.69.